The Kier molecular flexibility index (Phi) is 3.46. The number of hydrogen-bond donors (Lipinski definition) is 1. The minimum absolute atomic E-state index is 0.313. The zero-order valence-electron chi connectivity index (χ0n) is 10.8. The van der Waals surface area contributed by atoms with E-state index in [1.807, 2.05) is 19.1 Å². The summed E-state index contributed by atoms with van der Waals surface area (Å²) in [5.41, 5.74) is 8.34. The quantitative estimate of drug-likeness (QED) is 0.898. The second kappa shape index (κ2) is 5.04. The SMILES string of the molecule is Cc1ccc(C(C)C)cc1Oc1ncc(N)cn1. The molecule has 2 N–H and O–H groups in total. The predicted molar refractivity (Wildman–Crippen MR) is 71.8 cm³/mol. The highest BCUT2D eigenvalue weighted by Crippen LogP contribution is 2.27. The Morgan fingerprint density at radius 1 is 1.17 bits per heavy atom. The number of nitrogen functional groups attached to an aromatic ring is 1. The van der Waals surface area contributed by atoms with Crippen molar-refractivity contribution >= 4 is 5.69 Å². The Morgan fingerprint density at radius 2 is 1.83 bits per heavy atom. The maximum atomic E-state index is 5.68. The molecule has 0 spiro atoms. The summed E-state index contributed by atoms with van der Waals surface area (Å²) in [5, 5.41) is 0. The summed E-state index contributed by atoms with van der Waals surface area (Å²) in [6.07, 6.45) is 3.06. The van der Waals surface area contributed by atoms with Crippen LogP contribution in [0.4, 0.5) is 5.69 Å². The lowest BCUT2D eigenvalue weighted by Crippen LogP contribution is -1.96. The Balaban J connectivity index is 2.27. The normalized spacial score (nSPS) is 10.7. The molecule has 0 aliphatic heterocycles. The summed E-state index contributed by atoms with van der Waals surface area (Å²) in [7, 11) is 0. The molecule has 1 aromatic carbocycles. The maximum Gasteiger partial charge on any atom is 0.322 e. The highest BCUT2D eigenvalue weighted by Gasteiger charge is 2.07. The van der Waals surface area contributed by atoms with Crippen LogP contribution in [0, 0.1) is 6.92 Å². The monoisotopic (exact) mass is 243 g/mol. The highest BCUT2D eigenvalue weighted by molar-refractivity contribution is 5.39. The van der Waals surface area contributed by atoms with Crippen molar-refractivity contribution in [2.24, 2.45) is 0 Å². The molecule has 0 unspecified atom stereocenters. The first kappa shape index (κ1) is 12.4. The second-order valence-corrected chi connectivity index (χ2v) is 4.58. The van der Waals surface area contributed by atoms with Crippen molar-refractivity contribution in [3.05, 3.63) is 41.7 Å². The molecule has 94 valence electrons. The van der Waals surface area contributed by atoms with Crippen LogP contribution in [0.15, 0.2) is 30.6 Å². The van der Waals surface area contributed by atoms with Gasteiger partial charge in [-0.1, -0.05) is 26.0 Å². The first-order chi connectivity index (χ1) is 8.56. The minimum Gasteiger partial charge on any atom is -0.424 e. The average Bonchev–Trinajstić information content (AvgIpc) is 2.34. The van der Waals surface area contributed by atoms with E-state index in [0.29, 0.717) is 17.6 Å². The first-order valence-electron chi connectivity index (χ1n) is 5.92. The summed E-state index contributed by atoms with van der Waals surface area (Å²) in [5.74, 6) is 1.24. The highest BCUT2D eigenvalue weighted by atomic mass is 16.5. The minimum atomic E-state index is 0.313. The average molecular weight is 243 g/mol. The van der Waals surface area contributed by atoms with Crippen molar-refractivity contribution in [2.45, 2.75) is 26.7 Å². The van der Waals surface area contributed by atoms with Crippen molar-refractivity contribution in [3.63, 3.8) is 0 Å². The number of anilines is 1. The van der Waals surface area contributed by atoms with E-state index < -0.39 is 0 Å². The van der Waals surface area contributed by atoms with E-state index >= 15 is 0 Å². The largest absolute Gasteiger partial charge is 0.424 e. The Bertz CT molecular complexity index is 535. The van der Waals surface area contributed by atoms with E-state index in [0.717, 1.165) is 11.3 Å². The standard InChI is InChI=1S/C14H17N3O/c1-9(2)11-5-4-10(3)13(6-11)18-14-16-7-12(15)8-17-14/h4-9H,15H2,1-3H3. The van der Waals surface area contributed by atoms with E-state index in [1.54, 1.807) is 0 Å². The molecular formula is C14H17N3O. The molecule has 4 heteroatoms. The van der Waals surface area contributed by atoms with Crippen molar-refractivity contribution in [1.29, 1.82) is 0 Å². The maximum absolute atomic E-state index is 5.68. The molecule has 2 rings (SSSR count). The molecule has 0 saturated heterocycles. The van der Waals surface area contributed by atoms with E-state index in [1.165, 1.54) is 18.0 Å². The fraction of sp³-hybridized carbons (Fsp3) is 0.286. The fourth-order valence-corrected chi connectivity index (χ4v) is 1.56. The number of aryl methyl sites for hydroxylation is 1. The molecule has 0 fully saturated rings. The summed E-state index contributed by atoms with van der Waals surface area (Å²) < 4.78 is 5.68. The number of benzene rings is 1. The van der Waals surface area contributed by atoms with E-state index in [2.05, 4.69) is 29.9 Å². The van der Waals surface area contributed by atoms with Crippen molar-refractivity contribution in [3.8, 4) is 11.8 Å². The molecule has 1 aromatic heterocycles. The van der Waals surface area contributed by atoms with Gasteiger partial charge in [0.15, 0.2) is 0 Å². The molecule has 0 saturated carbocycles. The van der Waals surface area contributed by atoms with Gasteiger partial charge in [-0.05, 0) is 30.0 Å². The zero-order valence-corrected chi connectivity index (χ0v) is 10.8. The van der Waals surface area contributed by atoms with Crippen LogP contribution in [0.2, 0.25) is 0 Å². The van der Waals surface area contributed by atoms with Gasteiger partial charge in [-0.2, -0.15) is 0 Å². The van der Waals surface area contributed by atoms with Crippen LogP contribution in [0.25, 0.3) is 0 Å². The van der Waals surface area contributed by atoms with Crippen molar-refractivity contribution in [2.75, 3.05) is 5.73 Å². The molecule has 2 aromatic rings. The Morgan fingerprint density at radius 3 is 2.44 bits per heavy atom. The predicted octanol–water partition coefficient (Wildman–Crippen LogP) is 3.28. The zero-order chi connectivity index (χ0) is 13.1. The summed E-state index contributed by atoms with van der Waals surface area (Å²) in [6, 6.07) is 6.49. The third kappa shape index (κ3) is 2.77. The van der Waals surface area contributed by atoms with E-state index in [-0.39, 0.29) is 0 Å². The van der Waals surface area contributed by atoms with Crippen LogP contribution in [0.5, 0.6) is 11.8 Å². The van der Waals surface area contributed by atoms with Crippen molar-refractivity contribution in [1.82, 2.24) is 9.97 Å². The molecule has 0 aliphatic carbocycles. The Hall–Kier alpha value is -2.10. The van der Waals surface area contributed by atoms with Crippen LogP contribution in [0.1, 0.15) is 30.9 Å². The topological polar surface area (TPSA) is 61.0 Å². The second-order valence-electron chi connectivity index (χ2n) is 4.58. The molecule has 18 heavy (non-hydrogen) atoms. The molecule has 0 radical (unpaired) electrons. The third-order valence-corrected chi connectivity index (χ3v) is 2.73. The lowest BCUT2D eigenvalue weighted by Gasteiger charge is -2.11. The van der Waals surface area contributed by atoms with Crippen molar-refractivity contribution < 1.29 is 4.74 Å². The van der Waals surface area contributed by atoms with Gasteiger partial charge in [0.1, 0.15) is 5.75 Å². The van der Waals surface area contributed by atoms with Crippen LogP contribution < -0.4 is 10.5 Å². The van der Waals surface area contributed by atoms with Crippen LogP contribution in [-0.4, -0.2) is 9.97 Å². The van der Waals surface area contributed by atoms with E-state index in [9.17, 15) is 0 Å². The summed E-state index contributed by atoms with van der Waals surface area (Å²) in [4.78, 5) is 8.06. The number of rotatable bonds is 3. The fourth-order valence-electron chi connectivity index (χ4n) is 1.56. The molecular weight excluding hydrogens is 226 g/mol. The lowest BCUT2D eigenvalue weighted by molar-refractivity contribution is 0.438. The van der Waals surface area contributed by atoms with Gasteiger partial charge in [0, 0.05) is 0 Å². The van der Waals surface area contributed by atoms with Crippen LogP contribution in [-0.2, 0) is 0 Å². The van der Waals surface area contributed by atoms with Crippen LogP contribution >= 0.6 is 0 Å². The summed E-state index contributed by atoms with van der Waals surface area (Å²) >= 11 is 0. The van der Waals surface area contributed by atoms with E-state index in [4.69, 9.17) is 10.5 Å². The molecule has 0 atom stereocenters. The molecule has 0 amide bonds. The Labute approximate surface area is 107 Å². The first-order valence-corrected chi connectivity index (χ1v) is 5.92. The summed E-state index contributed by atoms with van der Waals surface area (Å²) in [6.45, 7) is 6.29. The van der Waals surface area contributed by atoms with Gasteiger partial charge >= 0.3 is 6.01 Å². The number of hydrogen-bond acceptors (Lipinski definition) is 4. The van der Waals surface area contributed by atoms with Gasteiger partial charge in [-0.3, -0.25) is 0 Å². The van der Waals surface area contributed by atoms with Gasteiger partial charge in [0.05, 0.1) is 18.1 Å². The van der Waals surface area contributed by atoms with Gasteiger partial charge in [0.2, 0.25) is 0 Å². The third-order valence-electron chi connectivity index (χ3n) is 2.73. The van der Waals surface area contributed by atoms with Gasteiger partial charge < -0.3 is 10.5 Å². The number of nitrogens with two attached hydrogens (primary N) is 1. The van der Waals surface area contributed by atoms with Gasteiger partial charge in [0.25, 0.3) is 0 Å². The number of aromatic nitrogens is 2. The molecule has 4 nitrogen and oxygen atoms in total. The number of nitrogens with zero attached hydrogens (tertiary/aromatic N) is 2. The van der Waals surface area contributed by atoms with Gasteiger partial charge in [-0.15, -0.1) is 0 Å². The molecule has 0 aliphatic rings. The number of ether oxygens (including phenoxy) is 1. The smallest absolute Gasteiger partial charge is 0.322 e. The lowest BCUT2D eigenvalue weighted by atomic mass is 10.0. The molecule has 0 bridgehead atoms. The molecule has 1 heterocycles. The van der Waals surface area contributed by atoms with Crippen LogP contribution in [0.3, 0.4) is 0 Å². The van der Waals surface area contributed by atoms with Gasteiger partial charge in [-0.25, -0.2) is 9.97 Å².